The van der Waals surface area contributed by atoms with Crippen LogP contribution < -0.4 is 11.3 Å². The van der Waals surface area contributed by atoms with Crippen molar-refractivity contribution < 1.29 is 4.74 Å². The Bertz CT molecular complexity index is 188. The van der Waals surface area contributed by atoms with Gasteiger partial charge in [-0.2, -0.15) is 0 Å². The maximum absolute atomic E-state index is 5.44. The zero-order chi connectivity index (χ0) is 10.9. The SMILES string of the molecule is CCOCCC(=NC1CCCCC1)NN. The highest BCUT2D eigenvalue weighted by Crippen LogP contribution is 2.20. The van der Waals surface area contributed by atoms with Crippen LogP contribution in [0.15, 0.2) is 4.99 Å². The molecule has 1 rings (SSSR count). The second-order valence-corrected chi connectivity index (χ2v) is 3.96. The molecule has 4 heteroatoms. The fraction of sp³-hybridized carbons (Fsp3) is 0.909. The van der Waals surface area contributed by atoms with E-state index >= 15 is 0 Å². The van der Waals surface area contributed by atoms with Crippen LogP contribution in [0.1, 0.15) is 45.4 Å². The zero-order valence-electron chi connectivity index (χ0n) is 9.67. The normalized spacial score (nSPS) is 19.2. The molecule has 0 amide bonds. The number of hydrogen-bond acceptors (Lipinski definition) is 3. The molecule has 1 aliphatic carbocycles. The summed E-state index contributed by atoms with van der Waals surface area (Å²) in [5.74, 6) is 6.32. The Labute approximate surface area is 92.3 Å². The molecule has 4 nitrogen and oxygen atoms in total. The van der Waals surface area contributed by atoms with E-state index in [4.69, 9.17) is 10.6 Å². The fourth-order valence-corrected chi connectivity index (χ4v) is 1.92. The van der Waals surface area contributed by atoms with Crippen LogP contribution in [0.3, 0.4) is 0 Å². The maximum Gasteiger partial charge on any atom is 0.113 e. The van der Waals surface area contributed by atoms with Crippen molar-refractivity contribution in [1.29, 1.82) is 0 Å². The van der Waals surface area contributed by atoms with Crippen molar-refractivity contribution >= 4 is 5.84 Å². The summed E-state index contributed by atoms with van der Waals surface area (Å²) in [6, 6.07) is 0.478. The molecule has 1 fully saturated rings. The van der Waals surface area contributed by atoms with Gasteiger partial charge in [0.05, 0.1) is 12.6 Å². The lowest BCUT2D eigenvalue weighted by Crippen LogP contribution is -2.32. The Balaban J connectivity index is 2.30. The smallest absolute Gasteiger partial charge is 0.113 e. The highest BCUT2D eigenvalue weighted by Gasteiger charge is 2.12. The number of amidine groups is 1. The zero-order valence-corrected chi connectivity index (χ0v) is 9.67. The molecule has 15 heavy (non-hydrogen) atoms. The molecule has 1 saturated carbocycles. The van der Waals surface area contributed by atoms with Crippen molar-refractivity contribution in [3.05, 3.63) is 0 Å². The van der Waals surface area contributed by atoms with Crippen LogP contribution in [0.4, 0.5) is 0 Å². The number of rotatable bonds is 5. The van der Waals surface area contributed by atoms with Gasteiger partial charge in [0.15, 0.2) is 0 Å². The average molecular weight is 213 g/mol. The highest BCUT2D eigenvalue weighted by atomic mass is 16.5. The van der Waals surface area contributed by atoms with E-state index in [1.807, 2.05) is 6.92 Å². The summed E-state index contributed by atoms with van der Waals surface area (Å²) >= 11 is 0. The van der Waals surface area contributed by atoms with Gasteiger partial charge in [-0.15, -0.1) is 0 Å². The van der Waals surface area contributed by atoms with E-state index in [-0.39, 0.29) is 0 Å². The van der Waals surface area contributed by atoms with Crippen LogP contribution in [0, 0.1) is 0 Å². The topological polar surface area (TPSA) is 59.6 Å². The Morgan fingerprint density at radius 2 is 2.13 bits per heavy atom. The number of nitrogens with one attached hydrogen (secondary N) is 1. The van der Waals surface area contributed by atoms with Gasteiger partial charge in [-0.05, 0) is 19.8 Å². The summed E-state index contributed by atoms with van der Waals surface area (Å²) in [5.41, 5.74) is 2.68. The number of hydrazine groups is 1. The van der Waals surface area contributed by atoms with E-state index in [2.05, 4.69) is 10.4 Å². The Kier molecular flexibility index (Phi) is 6.36. The molecule has 0 saturated heterocycles. The fourth-order valence-electron chi connectivity index (χ4n) is 1.92. The van der Waals surface area contributed by atoms with Crippen molar-refractivity contribution in [2.75, 3.05) is 13.2 Å². The van der Waals surface area contributed by atoms with E-state index in [9.17, 15) is 0 Å². The van der Waals surface area contributed by atoms with Gasteiger partial charge in [-0.1, -0.05) is 19.3 Å². The lowest BCUT2D eigenvalue weighted by molar-refractivity contribution is 0.154. The first-order valence-corrected chi connectivity index (χ1v) is 5.97. The molecule has 1 aliphatic rings. The van der Waals surface area contributed by atoms with Gasteiger partial charge in [-0.25, -0.2) is 5.84 Å². The van der Waals surface area contributed by atoms with Gasteiger partial charge in [0, 0.05) is 13.0 Å². The number of ether oxygens (including phenoxy) is 1. The van der Waals surface area contributed by atoms with Crippen LogP contribution in [0.25, 0.3) is 0 Å². The molecule has 0 aromatic carbocycles. The van der Waals surface area contributed by atoms with Gasteiger partial charge in [0.25, 0.3) is 0 Å². The number of nitrogens with zero attached hydrogens (tertiary/aromatic N) is 1. The van der Waals surface area contributed by atoms with Crippen LogP contribution >= 0.6 is 0 Å². The first kappa shape index (κ1) is 12.5. The van der Waals surface area contributed by atoms with E-state index in [1.54, 1.807) is 0 Å². The van der Waals surface area contributed by atoms with E-state index in [0.717, 1.165) is 18.9 Å². The molecule has 0 aromatic rings. The van der Waals surface area contributed by atoms with Gasteiger partial charge >= 0.3 is 0 Å². The van der Waals surface area contributed by atoms with Crippen LogP contribution in [-0.4, -0.2) is 25.1 Å². The third-order valence-electron chi connectivity index (χ3n) is 2.77. The van der Waals surface area contributed by atoms with E-state index < -0.39 is 0 Å². The average Bonchev–Trinajstić information content (AvgIpc) is 2.29. The maximum atomic E-state index is 5.44. The first-order chi connectivity index (χ1) is 7.36. The molecule has 0 atom stereocenters. The Morgan fingerprint density at radius 1 is 1.40 bits per heavy atom. The molecule has 88 valence electrons. The Hall–Kier alpha value is -0.610. The summed E-state index contributed by atoms with van der Waals surface area (Å²) in [6.45, 7) is 3.45. The predicted molar refractivity (Wildman–Crippen MR) is 62.7 cm³/mol. The molecule has 0 radical (unpaired) electrons. The molecular formula is C11H23N3O. The third-order valence-corrected chi connectivity index (χ3v) is 2.77. The quantitative estimate of drug-likeness (QED) is 0.240. The minimum atomic E-state index is 0.478. The highest BCUT2D eigenvalue weighted by molar-refractivity contribution is 5.81. The minimum absolute atomic E-state index is 0.478. The lowest BCUT2D eigenvalue weighted by atomic mass is 9.96. The van der Waals surface area contributed by atoms with E-state index in [0.29, 0.717) is 12.6 Å². The Morgan fingerprint density at radius 3 is 2.73 bits per heavy atom. The van der Waals surface area contributed by atoms with E-state index in [1.165, 1.54) is 32.1 Å². The summed E-state index contributed by atoms with van der Waals surface area (Å²) < 4.78 is 5.28. The van der Waals surface area contributed by atoms with Gasteiger partial charge < -0.3 is 10.2 Å². The van der Waals surface area contributed by atoms with Crippen molar-refractivity contribution in [1.82, 2.24) is 5.43 Å². The first-order valence-electron chi connectivity index (χ1n) is 5.97. The molecule has 0 spiro atoms. The number of nitrogens with two attached hydrogens (primary N) is 1. The van der Waals surface area contributed by atoms with Crippen molar-refractivity contribution in [3.63, 3.8) is 0 Å². The molecule has 3 N–H and O–H groups in total. The van der Waals surface area contributed by atoms with Crippen molar-refractivity contribution in [2.45, 2.75) is 51.5 Å². The summed E-state index contributed by atoms with van der Waals surface area (Å²) in [6.07, 6.45) is 7.17. The van der Waals surface area contributed by atoms with Crippen LogP contribution in [-0.2, 0) is 4.74 Å². The van der Waals surface area contributed by atoms with Crippen LogP contribution in [0.5, 0.6) is 0 Å². The molecule has 0 bridgehead atoms. The summed E-state index contributed by atoms with van der Waals surface area (Å²) in [7, 11) is 0. The van der Waals surface area contributed by atoms with Crippen molar-refractivity contribution in [2.24, 2.45) is 10.8 Å². The molecule has 0 aliphatic heterocycles. The van der Waals surface area contributed by atoms with Crippen LogP contribution in [0.2, 0.25) is 0 Å². The minimum Gasteiger partial charge on any atom is -0.381 e. The second kappa shape index (κ2) is 7.65. The summed E-state index contributed by atoms with van der Waals surface area (Å²) in [4.78, 5) is 4.63. The molecule has 0 heterocycles. The predicted octanol–water partition coefficient (Wildman–Crippen LogP) is 1.61. The van der Waals surface area contributed by atoms with Gasteiger partial charge in [0.1, 0.15) is 5.84 Å². The number of aliphatic imine (C=N–C) groups is 1. The second-order valence-electron chi connectivity index (χ2n) is 3.96. The third kappa shape index (κ3) is 5.14. The molecular weight excluding hydrogens is 190 g/mol. The van der Waals surface area contributed by atoms with Gasteiger partial charge in [-0.3, -0.25) is 4.99 Å². The van der Waals surface area contributed by atoms with Gasteiger partial charge in [0.2, 0.25) is 0 Å². The number of hydrogen-bond donors (Lipinski definition) is 2. The lowest BCUT2D eigenvalue weighted by Gasteiger charge is -2.19. The van der Waals surface area contributed by atoms with Crippen molar-refractivity contribution in [3.8, 4) is 0 Å². The summed E-state index contributed by atoms with van der Waals surface area (Å²) in [5, 5.41) is 0. The molecule has 0 unspecified atom stereocenters. The molecule has 0 aromatic heterocycles. The largest absolute Gasteiger partial charge is 0.381 e. The monoisotopic (exact) mass is 213 g/mol. The standard InChI is InChI=1S/C11H23N3O/c1-2-15-9-8-11(14-12)13-10-6-4-3-5-7-10/h10H,2-9,12H2,1H3,(H,13,14).